The molecule has 5 nitrogen and oxygen atoms in total. The van der Waals surface area contributed by atoms with Crippen LogP contribution in [0.1, 0.15) is 35.5 Å². The molecule has 1 aliphatic rings. The van der Waals surface area contributed by atoms with Gasteiger partial charge >= 0.3 is 5.97 Å². The van der Waals surface area contributed by atoms with Gasteiger partial charge in [0.25, 0.3) is 0 Å². The third-order valence-electron chi connectivity index (χ3n) is 4.84. The number of benzene rings is 1. The number of rotatable bonds is 5. The lowest BCUT2D eigenvalue weighted by molar-refractivity contribution is 0.0285. The zero-order valence-electron chi connectivity index (χ0n) is 14.8. The van der Waals surface area contributed by atoms with Gasteiger partial charge in [-0.05, 0) is 31.5 Å². The van der Waals surface area contributed by atoms with E-state index in [0.29, 0.717) is 12.1 Å². The quantitative estimate of drug-likeness (QED) is 0.908. The monoisotopic (exact) mass is 339 g/mol. The van der Waals surface area contributed by atoms with Crippen LogP contribution in [0.25, 0.3) is 0 Å². The van der Waals surface area contributed by atoms with E-state index in [1.807, 2.05) is 6.07 Å². The molecule has 1 N–H and O–H groups in total. The van der Waals surface area contributed by atoms with Crippen LogP contribution in [0, 0.1) is 0 Å². The molecule has 25 heavy (non-hydrogen) atoms. The number of hydrogen-bond donors (Lipinski definition) is 1. The van der Waals surface area contributed by atoms with Gasteiger partial charge in [-0.3, -0.25) is 14.8 Å². The minimum absolute atomic E-state index is 0.234. The standard InChI is InChI=1S/C20H25N3O2/c1-15-11-22(14-19-9-8-18(10-21-19)20(24)25)12-16(2)23(15)13-17-6-4-3-5-7-17/h3-10,15-16H,11-14H2,1-2H3,(H,24,25)/t15-,16+. The fraction of sp³-hybridized carbons (Fsp3) is 0.400. The Bertz CT molecular complexity index is 691. The number of aromatic nitrogens is 1. The maximum Gasteiger partial charge on any atom is 0.337 e. The summed E-state index contributed by atoms with van der Waals surface area (Å²) in [5, 5.41) is 8.96. The van der Waals surface area contributed by atoms with Gasteiger partial charge in [-0.25, -0.2) is 4.79 Å². The van der Waals surface area contributed by atoms with Crippen LogP contribution in [0.5, 0.6) is 0 Å². The highest BCUT2D eigenvalue weighted by molar-refractivity contribution is 5.87. The van der Waals surface area contributed by atoms with Crippen molar-refractivity contribution < 1.29 is 9.90 Å². The van der Waals surface area contributed by atoms with E-state index in [1.165, 1.54) is 11.8 Å². The summed E-state index contributed by atoms with van der Waals surface area (Å²) in [6.45, 7) is 8.24. The minimum atomic E-state index is -0.934. The Morgan fingerprint density at radius 3 is 2.32 bits per heavy atom. The van der Waals surface area contributed by atoms with Gasteiger partial charge < -0.3 is 5.11 Å². The molecule has 0 radical (unpaired) electrons. The van der Waals surface area contributed by atoms with Crippen molar-refractivity contribution in [1.29, 1.82) is 0 Å². The van der Waals surface area contributed by atoms with E-state index >= 15 is 0 Å². The van der Waals surface area contributed by atoms with Crippen molar-refractivity contribution in [3.63, 3.8) is 0 Å². The fourth-order valence-electron chi connectivity index (χ4n) is 3.57. The lowest BCUT2D eigenvalue weighted by Crippen LogP contribution is -2.55. The molecule has 2 heterocycles. The van der Waals surface area contributed by atoms with Crippen molar-refractivity contribution in [3.8, 4) is 0 Å². The van der Waals surface area contributed by atoms with Gasteiger partial charge in [-0.15, -0.1) is 0 Å². The number of piperazine rings is 1. The lowest BCUT2D eigenvalue weighted by Gasteiger charge is -2.44. The van der Waals surface area contributed by atoms with Crippen LogP contribution in [0.15, 0.2) is 48.7 Å². The lowest BCUT2D eigenvalue weighted by atomic mass is 10.1. The van der Waals surface area contributed by atoms with Crippen molar-refractivity contribution in [2.24, 2.45) is 0 Å². The van der Waals surface area contributed by atoms with Crippen LogP contribution in [0.3, 0.4) is 0 Å². The van der Waals surface area contributed by atoms with Crippen LogP contribution in [-0.2, 0) is 13.1 Å². The highest BCUT2D eigenvalue weighted by Gasteiger charge is 2.29. The third kappa shape index (κ3) is 4.44. The highest BCUT2D eigenvalue weighted by atomic mass is 16.4. The first-order valence-electron chi connectivity index (χ1n) is 8.73. The van der Waals surface area contributed by atoms with Crippen LogP contribution in [-0.4, -0.2) is 51.0 Å². The molecule has 0 unspecified atom stereocenters. The Labute approximate surface area is 148 Å². The molecule has 5 heteroatoms. The van der Waals surface area contributed by atoms with Crippen LogP contribution < -0.4 is 0 Å². The molecule has 0 amide bonds. The predicted molar refractivity (Wildman–Crippen MR) is 97.4 cm³/mol. The maximum absolute atomic E-state index is 10.9. The summed E-state index contributed by atoms with van der Waals surface area (Å²) in [7, 11) is 0. The molecular formula is C20H25N3O2. The van der Waals surface area contributed by atoms with E-state index in [1.54, 1.807) is 6.07 Å². The Balaban J connectivity index is 1.60. The Hall–Kier alpha value is -2.24. The molecule has 1 aliphatic heterocycles. The summed E-state index contributed by atoms with van der Waals surface area (Å²) in [4.78, 5) is 20.2. The smallest absolute Gasteiger partial charge is 0.337 e. The maximum atomic E-state index is 10.9. The third-order valence-corrected chi connectivity index (χ3v) is 4.84. The average Bonchev–Trinajstić information content (AvgIpc) is 2.59. The second-order valence-electron chi connectivity index (χ2n) is 6.89. The van der Waals surface area contributed by atoms with E-state index in [4.69, 9.17) is 5.11 Å². The average molecular weight is 339 g/mol. The van der Waals surface area contributed by atoms with Crippen molar-refractivity contribution in [2.75, 3.05) is 13.1 Å². The number of carboxylic acid groups (broad SMARTS) is 1. The molecule has 0 bridgehead atoms. The summed E-state index contributed by atoms with van der Waals surface area (Å²) < 4.78 is 0. The van der Waals surface area contributed by atoms with E-state index in [0.717, 1.165) is 31.9 Å². The van der Waals surface area contributed by atoms with Crippen LogP contribution >= 0.6 is 0 Å². The Morgan fingerprint density at radius 1 is 1.08 bits per heavy atom. The van der Waals surface area contributed by atoms with Crippen molar-refractivity contribution in [1.82, 2.24) is 14.8 Å². The molecular weight excluding hydrogens is 314 g/mol. The molecule has 2 aromatic rings. The predicted octanol–water partition coefficient (Wildman–Crippen LogP) is 2.87. The van der Waals surface area contributed by atoms with Gasteiger partial charge in [-0.1, -0.05) is 30.3 Å². The Kier molecular flexibility index (Phi) is 5.46. The summed E-state index contributed by atoms with van der Waals surface area (Å²) in [6.07, 6.45) is 1.44. The summed E-state index contributed by atoms with van der Waals surface area (Å²) in [6, 6.07) is 15.0. The molecule has 3 rings (SSSR count). The molecule has 1 saturated heterocycles. The van der Waals surface area contributed by atoms with E-state index in [9.17, 15) is 4.79 Å². The van der Waals surface area contributed by atoms with Crippen molar-refractivity contribution in [2.45, 2.75) is 39.0 Å². The van der Waals surface area contributed by atoms with E-state index < -0.39 is 5.97 Å². The first-order chi connectivity index (χ1) is 12.0. The second-order valence-corrected chi connectivity index (χ2v) is 6.89. The van der Waals surface area contributed by atoms with Gasteiger partial charge in [0.2, 0.25) is 0 Å². The number of hydrogen-bond acceptors (Lipinski definition) is 4. The number of carbonyl (C=O) groups is 1. The van der Waals surface area contributed by atoms with Crippen LogP contribution in [0.4, 0.5) is 0 Å². The number of nitrogens with zero attached hydrogens (tertiary/aromatic N) is 3. The molecule has 1 aromatic heterocycles. The highest BCUT2D eigenvalue weighted by Crippen LogP contribution is 2.20. The second kappa shape index (κ2) is 7.76. The Morgan fingerprint density at radius 2 is 1.76 bits per heavy atom. The number of carboxylic acids is 1. The largest absolute Gasteiger partial charge is 0.478 e. The normalized spacial score (nSPS) is 22.0. The first kappa shape index (κ1) is 17.6. The van der Waals surface area contributed by atoms with Gasteiger partial charge in [-0.2, -0.15) is 0 Å². The van der Waals surface area contributed by atoms with Gasteiger partial charge in [0.1, 0.15) is 0 Å². The van der Waals surface area contributed by atoms with Gasteiger partial charge in [0.05, 0.1) is 11.3 Å². The molecule has 2 atom stereocenters. The molecule has 1 fully saturated rings. The fourth-order valence-corrected chi connectivity index (χ4v) is 3.57. The van der Waals surface area contributed by atoms with Gasteiger partial charge in [0, 0.05) is 44.5 Å². The van der Waals surface area contributed by atoms with Crippen molar-refractivity contribution >= 4 is 5.97 Å². The topological polar surface area (TPSA) is 56.7 Å². The molecule has 0 aliphatic carbocycles. The van der Waals surface area contributed by atoms with Crippen LogP contribution in [0.2, 0.25) is 0 Å². The van der Waals surface area contributed by atoms with Gasteiger partial charge in [0.15, 0.2) is 0 Å². The minimum Gasteiger partial charge on any atom is -0.478 e. The molecule has 0 spiro atoms. The molecule has 0 saturated carbocycles. The first-order valence-corrected chi connectivity index (χ1v) is 8.73. The van der Waals surface area contributed by atoms with E-state index in [2.05, 4.69) is 59.0 Å². The summed E-state index contributed by atoms with van der Waals surface area (Å²) in [5.41, 5.74) is 2.50. The zero-order chi connectivity index (χ0) is 17.8. The number of aromatic carboxylic acids is 1. The van der Waals surface area contributed by atoms with E-state index in [-0.39, 0.29) is 5.56 Å². The molecule has 132 valence electrons. The van der Waals surface area contributed by atoms with Crippen molar-refractivity contribution in [3.05, 3.63) is 65.5 Å². The summed E-state index contributed by atoms with van der Waals surface area (Å²) >= 11 is 0. The number of pyridine rings is 1. The molecule has 1 aromatic carbocycles. The zero-order valence-corrected chi connectivity index (χ0v) is 14.8. The SMILES string of the molecule is C[C@@H]1CN(Cc2ccc(C(=O)O)cn2)C[C@H](C)N1Cc1ccccc1. The summed E-state index contributed by atoms with van der Waals surface area (Å²) in [5.74, 6) is -0.934.